The van der Waals surface area contributed by atoms with E-state index >= 15 is 0 Å². The Morgan fingerprint density at radius 3 is 2.72 bits per heavy atom. The summed E-state index contributed by atoms with van der Waals surface area (Å²) in [6.45, 7) is -0.157. The molecule has 146 valence electrons. The molecule has 8 heteroatoms. The smallest absolute Gasteiger partial charge is 0.263 e. The van der Waals surface area contributed by atoms with Crippen LogP contribution in [0.4, 0.5) is 5.69 Å². The number of carbonyl (C=O) groups is 1. The summed E-state index contributed by atoms with van der Waals surface area (Å²) in [7, 11) is 1.53. The lowest BCUT2D eigenvalue weighted by Crippen LogP contribution is -2.27. The molecule has 0 radical (unpaired) electrons. The molecule has 0 fully saturated rings. The molecule has 2 aromatic carbocycles. The van der Waals surface area contributed by atoms with Crippen molar-refractivity contribution >= 4 is 44.7 Å². The van der Waals surface area contributed by atoms with Crippen LogP contribution in [0.25, 0.3) is 21.3 Å². The summed E-state index contributed by atoms with van der Waals surface area (Å²) < 4.78 is 6.54. The number of carbonyl (C=O) groups excluding carboxylic acids is 1. The molecule has 0 spiro atoms. The number of nitrogens with zero attached hydrogens (tertiary/aromatic N) is 2. The first-order valence-corrected chi connectivity index (χ1v) is 9.98. The van der Waals surface area contributed by atoms with Crippen molar-refractivity contribution in [2.75, 3.05) is 12.4 Å². The van der Waals surface area contributed by atoms with E-state index in [1.807, 2.05) is 23.6 Å². The number of hydrogen-bond acceptors (Lipinski definition) is 5. The van der Waals surface area contributed by atoms with Gasteiger partial charge in [-0.05, 0) is 29.8 Å². The van der Waals surface area contributed by atoms with Gasteiger partial charge in [0, 0.05) is 16.0 Å². The fraction of sp³-hybridized carbons (Fsp3) is 0.0952. The Balaban J connectivity index is 1.65. The topological polar surface area (TPSA) is 73.2 Å². The van der Waals surface area contributed by atoms with Crippen molar-refractivity contribution in [3.8, 4) is 16.9 Å². The summed E-state index contributed by atoms with van der Waals surface area (Å²) in [6, 6.07) is 14.3. The summed E-state index contributed by atoms with van der Waals surface area (Å²) in [5.74, 6) is 0.200. The number of ether oxygens (including phenoxy) is 1. The van der Waals surface area contributed by atoms with Crippen LogP contribution in [0.3, 0.4) is 0 Å². The molecular formula is C21H16ClN3O3S. The first kappa shape index (κ1) is 19.2. The SMILES string of the molecule is COc1ccccc1NC(=O)Cn1cnc2scc(-c3ccc(Cl)cc3)c2c1=O. The van der Waals surface area contributed by atoms with Crippen LogP contribution in [-0.2, 0) is 11.3 Å². The molecule has 0 aliphatic carbocycles. The van der Waals surface area contributed by atoms with Crippen molar-refractivity contribution in [3.63, 3.8) is 0 Å². The highest BCUT2D eigenvalue weighted by molar-refractivity contribution is 7.17. The van der Waals surface area contributed by atoms with Crippen LogP contribution in [0.5, 0.6) is 5.75 Å². The van der Waals surface area contributed by atoms with Gasteiger partial charge in [0.05, 0.1) is 24.5 Å². The first-order chi connectivity index (χ1) is 14.1. The summed E-state index contributed by atoms with van der Waals surface area (Å²) in [4.78, 5) is 30.5. The highest BCUT2D eigenvalue weighted by Gasteiger charge is 2.15. The Labute approximate surface area is 175 Å². The van der Waals surface area contributed by atoms with Gasteiger partial charge in [-0.1, -0.05) is 35.9 Å². The second-order valence-electron chi connectivity index (χ2n) is 6.26. The summed E-state index contributed by atoms with van der Waals surface area (Å²) >= 11 is 7.35. The minimum Gasteiger partial charge on any atom is -0.495 e. The molecule has 4 aromatic rings. The van der Waals surface area contributed by atoms with Gasteiger partial charge in [-0.15, -0.1) is 11.3 Å². The number of aromatic nitrogens is 2. The Morgan fingerprint density at radius 2 is 1.97 bits per heavy atom. The van der Waals surface area contributed by atoms with Crippen LogP contribution in [0.2, 0.25) is 5.02 Å². The molecule has 4 rings (SSSR count). The van der Waals surface area contributed by atoms with E-state index in [4.69, 9.17) is 16.3 Å². The van der Waals surface area contributed by atoms with E-state index in [0.29, 0.717) is 26.7 Å². The number of hydrogen-bond donors (Lipinski definition) is 1. The first-order valence-electron chi connectivity index (χ1n) is 8.72. The molecule has 29 heavy (non-hydrogen) atoms. The fourth-order valence-electron chi connectivity index (χ4n) is 3.01. The summed E-state index contributed by atoms with van der Waals surface area (Å²) in [6.07, 6.45) is 1.40. The molecule has 0 saturated carbocycles. The Bertz CT molecular complexity index is 1250. The highest BCUT2D eigenvalue weighted by Crippen LogP contribution is 2.31. The fourth-order valence-corrected chi connectivity index (χ4v) is 4.05. The van der Waals surface area contributed by atoms with Gasteiger partial charge in [0.2, 0.25) is 5.91 Å². The predicted molar refractivity (Wildman–Crippen MR) is 116 cm³/mol. The highest BCUT2D eigenvalue weighted by atomic mass is 35.5. The Kier molecular flexibility index (Phi) is 5.33. The van der Waals surface area contributed by atoms with E-state index < -0.39 is 0 Å². The maximum atomic E-state index is 13.1. The lowest BCUT2D eigenvalue weighted by molar-refractivity contribution is -0.116. The van der Waals surface area contributed by atoms with Crippen molar-refractivity contribution in [2.24, 2.45) is 0 Å². The van der Waals surface area contributed by atoms with Crippen LogP contribution < -0.4 is 15.6 Å². The van der Waals surface area contributed by atoms with Gasteiger partial charge in [-0.3, -0.25) is 14.2 Å². The van der Waals surface area contributed by atoms with Gasteiger partial charge in [-0.2, -0.15) is 0 Å². The third-order valence-corrected chi connectivity index (χ3v) is 5.55. The van der Waals surface area contributed by atoms with Gasteiger partial charge in [0.15, 0.2) is 0 Å². The molecule has 0 atom stereocenters. The maximum Gasteiger partial charge on any atom is 0.263 e. The molecule has 2 aromatic heterocycles. The number of methoxy groups -OCH3 is 1. The second-order valence-corrected chi connectivity index (χ2v) is 7.56. The third kappa shape index (κ3) is 3.87. The number of thiophene rings is 1. The zero-order valence-electron chi connectivity index (χ0n) is 15.4. The number of para-hydroxylation sites is 2. The zero-order valence-corrected chi connectivity index (χ0v) is 17.0. The third-order valence-electron chi connectivity index (χ3n) is 4.41. The number of anilines is 1. The predicted octanol–water partition coefficient (Wildman–Crippen LogP) is 4.43. The van der Waals surface area contributed by atoms with E-state index in [0.717, 1.165) is 11.1 Å². The van der Waals surface area contributed by atoms with Crippen molar-refractivity contribution in [2.45, 2.75) is 6.54 Å². The minimum atomic E-state index is -0.346. The molecule has 0 aliphatic rings. The largest absolute Gasteiger partial charge is 0.495 e. The second kappa shape index (κ2) is 8.06. The molecular weight excluding hydrogens is 410 g/mol. The number of halogens is 1. The molecule has 0 aliphatic heterocycles. The van der Waals surface area contributed by atoms with Crippen molar-refractivity contribution < 1.29 is 9.53 Å². The Hall–Kier alpha value is -3.16. The molecule has 6 nitrogen and oxygen atoms in total. The average molecular weight is 426 g/mol. The van der Waals surface area contributed by atoms with Gasteiger partial charge < -0.3 is 10.1 Å². The van der Waals surface area contributed by atoms with Gasteiger partial charge in [0.25, 0.3) is 5.56 Å². The lowest BCUT2D eigenvalue weighted by Gasteiger charge is -2.10. The van der Waals surface area contributed by atoms with Crippen molar-refractivity contribution in [3.05, 3.63) is 75.6 Å². The minimum absolute atomic E-state index is 0.157. The van der Waals surface area contributed by atoms with E-state index in [9.17, 15) is 9.59 Å². The number of amides is 1. The normalized spacial score (nSPS) is 10.8. The van der Waals surface area contributed by atoms with Crippen LogP contribution in [0, 0.1) is 0 Å². The van der Waals surface area contributed by atoms with Crippen LogP contribution >= 0.6 is 22.9 Å². The Morgan fingerprint density at radius 1 is 1.21 bits per heavy atom. The summed E-state index contributed by atoms with van der Waals surface area (Å²) in [5.41, 5.74) is 1.92. The van der Waals surface area contributed by atoms with Crippen molar-refractivity contribution in [1.29, 1.82) is 0 Å². The van der Waals surface area contributed by atoms with E-state index in [1.165, 1.54) is 29.3 Å². The number of fused-ring (bicyclic) bond motifs is 1. The zero-order chi connectivity index (χ0) is 20.4. The monoisotopic (exact) mass is 425 g/mol. The van der Waals surface area contributed by atoms with Crippen LogP contribution in [-0.4, -0.2) is 22.6 Å². The molecule has 0 saturated heterocycles. The molecule has 0 bridgehead atoms. The van der Waals surface area contributed by atoms with Gasteiger partial charge >= 0.3 is 0 Å². The van der Waals surface area contributed by atoms with E-state index in [2.05, 4.69) is 10.3 Å². The number of nitrogens with one attached hydrogen (secondary N) is 1. The quantitative estimate of drug-likeness (QED) is 0.513. The standard InChI is InChI=1S/C21H16ClN3O3S/c1-28-17-5-3-2-4-16(17)24-18(26)10-25-12-23-20-19(21(25)27)15(11-29-20)13-6-8-14(22)9-7-13/h2-9,11-12H,10H2,1H3,(H,24,26). The number of rotatable bonds is 5. The summed E-state index contributed by atoms with van der Waals surface area (Å²) in [5, 5.41) is 5.77. The van der Waals surface area contributed by atoms with Gasteiger partial charge in [-0.25, -0.2) is 4.98 Å². The van der Waals surface area contributed by atoms with E-state index in [1.54, 1.807) is 30.3 Å². The van der Waals surface area contributed by atoms with Crippen LogP contribution in [0.15, 0.2) is 65.0 Å². The maximum absolute atomic E-state index is 13.1. The number of benzene rings is 2. The lowest BCUT2D eigenvalue weighted by atomic mass is 10.1. The average Bonchev–Trinajstić information content (AvgIpc) is 3.16. The van der Waals surface area contributed by atoms with Gasteiger partial charge in [0.1, 0.15) is 17.1 Å². The molecule has 1 N–H and O–H groups in total. The van der Waals surface area contributed by atoms with Crippen molar-refractivity contribution in [1.82, 2.24) is 9.55 Å². The molecule has 0 unspecified atom stereocenters. The van der Waals surface area contributed by atoms with E-state index in [-0.39, 0.29) is 18.0 Å². The molecule has 2 heterocycles. The van der Waals surface area contributed by atoms with Crippen LogP contribution in [0.1, 0.15) is 0 Å². The molecule has 1 amide bonds.